The fourth-order valence-corrected chi connectivity index (χ4v) is 3.59. The van der Waals surface area contributed by atoms with E-state index in [0.717, 1.165) is 0 Å². The average molecular weight is 408 g/mol. The van der Waals surface area contributed by atoms with E-state index in [1.54, 1.807) is 6.07 Å². The normalized spacial score (nSPS) is 11.3. The van der Waals surface area contributed by atoms with Gasteiger partial charge in [-0.25, -0.2) is 8.42 Å². The molecule has 0 amide bonds. The molecule has 124 valence electrons. The molecule has 0 aliphatic heterocycles. The van der Waals surface area contributed by atoms with Gasteiger partial charge in [0.25, 0.3) is 10.0 Å². The lowest BCUT2D eigenvalue weighted by molar-refractivity contribution is -0.0493. The van der Waals surface area contributed by atoms with Crippen LogP contribution in [0.4, 0.5) is 14.5 Å². The van der Waals surface area contributed by atoms with Crippen LogP contribution in [0.15, 0.2) is 51.8 Å². The molecule has 0 aliphatic carbocycles. The van der Waals surface area contributed by atoms with Crippen molar-refractivity contribution in [1.82, 2.24) is 0 Å². The van der Waals surface area contributed by atoms with E-state index >= 15 is 0 Å². The number of benzene rings is 2. The molecule has 0 saturated heterocycles. The SMILES string of the molecule is COc1ccc(Br)cc1S(=O)(=O)Nc1ccccc1OC(F)F. The van der Waals surface area contributed by atoms with E-state index < -0.39 is 16.6 Å². The van der Waals surface area contributed by atoms with Crippen LogP contribution in [0.3, 0.4) is 0 Å². The van der Waals surface area contributed by atoms with E-state index in [-0.39, 0.29) is 22.1 Å². The minimum Gasteiger partial charge on any atom is -0.495 e. The number of hydrogen-bond acceptors (Lipinski definition) is 4. The molecule has 0 heterocycles. The zero-order valence-electron chi connectivity index (χ0n) is 11.8. The van der Waals surface area contributed by atoms with Gasteiger partial charge in [0.05, 0.1) is 12.8 Å². The van der Waals surface area contributed by atoms with E-state index in [4.69, 9.17) is 4.74 Å². The fraction of sp³-hybridized carbons (Fsp3) is 0.143. The van der Waals surface area contributed by atoms with Crippen LogP contribution in [0.5, 0.6) is 11.5 Å². The minimum atomic E-state index is -4.07. The summed E-state index contributed by atoms with van der Waals surface area (Å²) >= 11 is 3.18. The zero-order chi connectivity index (χ0) is 17.0. The monoisotopic (exact) mass is 407 g/mol. The van der Waals surface area contributed by atoms with Crippen LogP contribution < -0.4 is 14.2 Å². The molecule has 0 aliphatic rings. The topological polar surface area (TPSA) is 64.6 Å². The molecule has 2 rings (SSSR count). The van der Waals surface area contributed by atoms with Crippen LogP contribution in [0.1, 0.15) is 0 Å². The highest BCUT2D eigenvalue weighted by Gasteiger charge is 2.22. The van der Waals surface area contributed by atoms with Gasteiger partial charge < -0.3 is 9.47 Å². The Hall–Kier alpha value is -1.87. The minimum absolute atomic E-state index is 0.102. The number of ether oxygens (including phenoxy) is 2. The highest BCUT2D eigenvalue weighted by atomic mass is 79.9. The van der Waals surface area contributed by atoms with Crippen molar-refractivity contribution in [2.24, 2.45) is 0 Å². The summed E-state index contributed by atoms with van der Waals surface area (Å²) in [6.07, 6.45) is 0. The van der Waals surface area contributed by atoms with Crippen LogP contribution in [-0.2, 0) is 10.0 Å². The number of sulfonamides is 1. The number of hydrogen-bond donors (Lipinski definition) is 1. The van der Waals surface area contributed by atoms with Crippen LogP contribution in [-0.4, -0.2) is 22.1 Å². The first-order valence-electron chi connectivity index (χ1n) is 6.23. The van der Waals surface area contributed by atoms with Crippen molar-refractivity contribution in [2.45, 2.75) is 11.5 Å². The van der Waals surface area contributed by atoms with Gasteiger partial charge >= 0.3 is 6.61 Å². The molecule has 0 aromatic heterocycles. The second-order valence-electron chi connectivity index (χ2n) is 4.28. The van der Waals surface area contributed by atoms with E-state index in [9.17, 15) is 17.2 Å². The summed E-state index contributed by atoms with van der Waals surface area (Å²) in [4.78, 5) is -0.138. The molecule has 0 bridgehead atoms. The second kappa shape index (κ2) is 7.14. The van der Waals surface area contributed by atoms with Gasteiger partial charge in [0.15, 0.2) is 0 Å². The summed E-state index contributed by atoms with van der Waals surface area (Å²) in [6.45, 7) is -3.07. The molecule has 2 aromatic rings. The number of methoxy groups -OCH3 is 1. The van der Waals surface area contributed by atoms with Gasteiger partial charge in [0.1, 0.15) is 16.4 Å². The van der Waals surface area contributed by atoms with Crippen molar-refractivity contribution in [3.05, 3.63) is 46.9 Å². The van der Waals surface area contributed by atoms with Gasteiger partial charge in [-0.1, -0.05) is 28.1 Å². The van der Waals surface area contributed by atoms with Gasteiger partial charge in [-0.15, -0.1) is 0 Å². The number of anilines is 1. The number of rotatable bonds is 6. The average Bonchev–Trinajstić information content (AvgIpc) is 2.48. The highest BCUT2D eigenvalue weighted by molar-refractivity contribution is 9.10. The molecule has 0 fully saturated rings. The molecule has 2 aromatic carbocycles. The largest absolute Gasteiger partial charge is 0.495 e. The fourth-order valence-electron chi connectivity index (χ4n) is 1.81. The summed E-state index contributed by atoms with van der Waals surface area (Å²) < 4.78 is 61.9. The highest BCUT2D eigenvalue weighted by Crippen LogP contribution is 2.32. The maximum absolute atomic E-state index is 12.5. The van der Waals surface area contributed by atoms with Gasteiger partial charge in [-0.05, 0) is 30.3 Å². The van der Waals surface area contributed by atoms with Crippen molar-refractivity contribution in [1.29, 1.82) is 0 Å². The number of nitrogens with one attached hydrogen (secondary N) is 1. The maximum atomic E-state index is 12.5. The van der Waals surface area contributed by atoms with Crippen molar-refractivity contribution < 1.29 is 26.7 Å². The number of para-hydroxylation sites is 2. The Balaban J connectivity index is 2.42. The summed E-state index contributed by atoms with van der Waals surface area (Å²) in [7, 11) is -2.74. The molecule has 5 nitrogen and oxygen atoms in total. The first kappa shape index (κ1) is 17.5. The third-order valence-corrected chi connectivity index (χ3v) is 4.64. The summed E-state index contributed by atoms with van der Waals surface area (Å²) in [5.74, 6) is -0.159. The van der Waals surface area contributed by atoms with Crippen LogP contribution in [0.2, 0.25) is 0 Å². The number of halogens is 3. The van der Waals surface area contributed by atoms with E-state index in [1.165, 1.54) is 43.5 Å². The summed E-state index contributed by atoms with van der Waals surface area (Å²) in [5, 5.41) is 0. The molecule has 0 unspecified atom stereocenters. The lowest BCUT2D eigenvalue weighted by atomic mass is 10.3. The molecule has 1 N–H and O–H groups in total. The third-order valence-electron chi connectivity index (χ3n) is 2.76. The van der Waals surface area contributed by atoms with E-state index in [2.05, 4.69) is 25.4 Å². The van der Waals surface area contributed by atoms with E-state index in [1.807, 2.05) is 0 Å². The Morgan fingerprint density at radius 2 is 1.83 bits per heavy atom. The molecule has 0 saturated carbocycles. The van der Waals surface area contributed by atoms with Gasteiger partial charge in [0, 0.05) is 4.47 Å². The Morgan fingerprint density at radius 1 is 1.13 bits per heavy atom. The van der Waals surface area contributed by atoms with Gasteiger partial charge in [0.2, 0.25) is 0 Å². The smallest absolute Gasteiger partial charge is 0.387 e. The lowest BCUT2D eigenvalue weighted by Gasteiger charge is -2.14. The standard InChI is InChI=1S/C14H12BrF2NO4S/c1-21-12-7-6-9(15)8-13(12)23(19,20)18-10-4-2-3-5-11(10)22-14(16)17/h2-8,14,18H,1H3. The van der Waals surface area contributed by atoms with Crippen molar-refractivity contribution in [3.63, 3.8) is 0 Å². The van der Waals surface area contributed by atoms with Crippen LogP contribution >= 0.6 is 15.9 Å². The first-order chi connectivity index (χ1) is 10.8. The molecule has 0 spiro atoms. The maximum Gasteiger partial charge on any atom is 0.387 e. The number of alkyl halides is 2. The van der Waals surface area contributed by atoms with Crippen LogP contribution in [0.25, 0.3) is 0 Å². The molecular formula is C14H12BrF2NO4S. The molecule has 0 radical (unpaired) electrons. The lowest BCUT2D eigenvalue weighted by Crippen LogP contribution is -2.15. The van der Waals surface area contributed by atoms with Crippen molar-refractivity contribution in [3.8, 4) is 11.5 Å². The predicted molar refractivity (Wildman–Crippen MR) is 84.6 cm³/mol. The molecule has 0 atom stereocenters. The first-order valence-corrected chi connectivity index (χ1v) is 8.51. The molecule has 23 heavy (non-hydrogen) atoms. The Bertz CT molecular complexity index is 799. The Labute approximate surface area is 140 Å². The Morgan fingerprint density at radius 3 is 2.48 bits per heavy atom. The van der Waals surface area contributed by atoms with Gasteiger partial charge in [-0.2, -0.15) is 8.78 Å². The van der Waals surface area contributed by atoms with Crippen molar-refractivity contribution in [2.75, 3.05) is 11.8 Å². The molecule has 9 heteroatoms. The Kier molecular flexibility index (Phi) is 5.42. The van der Waals surface area contributed by atoms with Crippen LogP contribution in [0, 0.1) is 0 Å². The third kappa shape index (κ3) is 4.32. The summed E-state index contributed by atoms with van der Waals surface area (Å²) in [6, 6.07) is 9.94. The summed E-state index contributed by atoms with van der Waals surface area (Å²) in [5.41, 5.74) is -0.102. The van der Waals surface area contributed by atoms with Crippen molar-refractivity contribution >= 4 is 31.6 Å². The zero-order valence-corrected chi connectivity index (χ0v) is 14.2. The van der Waals surface area contributed by atoms with Gasteiger partial charge in [-0.3, -0.25) is 4.72 Å². The van der Waals surface area contributed by atoms with E-state index in [0.29, 0.717) is 4.47 Å². The predicted octanol–water partition coefficient (Wildman–Crippen LogP) is 3.86. The molecular weight excluding hydrogens is 396 g/mol. The quantitative estimate of drug-likeness (QED) is 0.789. The second-order valence-corrected chi connectivity index (χ2v) is 6.84.